The lowest BCUT2D eigenvalue weighted by molar-refractivity contribution is -0.122. The summed E-state index contributed by atoms with van der Waals surface area (Å²) in [7, 11) is 0. The molecule has 1 heterocycles. The third-order valence-corrected chi connectivity index (χ3v) is 5.50. The number of rotatable bonds is 6. The molecule has 0 spiro atoms. The van der Waals surface area contributed by atoms with Crippen LogP contribution in [0.4, 0.5) is 4.39 Å². The molecule has 138 valence electrons. The van der Waals surface area contributed by atoms with Crippen LogP contribution in [-0.2, 0) is 11.3 Å². The van der Waals surface area contributed by atoms with Crippen LogP contribution in [-0.4, -0.2) is 55.0 Å². The van der Waals surface area contributed by atoms with E-state index >= 15 is 0 Å². The molecule has 3 rings (SSSR count). The van der Waals surface area contributed by atoms with Gasteiger partial charge in [-0.25, -0.2) is 4.39 Å². The predicted octanol–water partition coefficient (Wildman–Crippen LogP) is 2.64. The molecule has 25 heavy (non-hydrogen) atoms. The van der Waals surface area contributed by atoms with E-state index in [0.29, 0.717) is 19.0 Å². The zero-order chi connectivity index (χ0) is 17.5. The van der Waals surface area contributed by atoms with Gasteiger partial charge in [0.2, 0.25) is 5.91 Å². The standard InChI is InChI=1S/C20H30FN3O/c21-19-9-5-4-8-18(19)15-23-10-12-24(13-11-23)16-20(25)22-14-17-6-2-1-3-7-17/h4-5,8-9,17H,1-3,6-7,10-16H2,(H,22,25). The molecule has 0 bridgehead atoms. The summed E-state index contributed by atoms with van der Waals surface area (Å²) in [6.07, 6.45) is 6.49. The molecule has 1 aliphatic heterocycles. The van der Waals surface area contributed by atoms with Gasteiger partial charge in [-0.2, -0.15) is 0 Å². The molecule has 1 saturated heterocycles. The maximum Gasteiger partial charge on any atom is 0.234 e. The van der Waals surface area contributed by atoms with Gasteiger partial charge in [0.05, 0.1) is 6.54 Å². The molecule has 1 aromatic carbocycles. The molecule has 1 aromatic rings. The highest BCUT2D eigenvalue weighted by molar-refractivity contribution is 5.78. The van der Waals surface area contributed by atoms with Crippen LogP contribution in [0.15, 0.2) is 24.3 Å². The van der Waals surface area contributed by atoms with Crippen molar-refractivity contribution in [2.75, 3.05) is 39.3 Å². The van der Waals surface area contributed by atoms with Gasteiger partial charge in [0, 0.05) is 44.8 Å². The van der Waals surface area contributed by atoms with Crippen LogP contribution < -0.4 is 5.32 Å². The molecule has 0 aromatic heterocycles. The van der Waals surface area contributed by atoms with Crippen LogP contribution in [0.25, 0.3) is 0 Å². The second kappa shape index (κ2) is 9.30. The van der Waals surface area contributed by atoms with E-state index in [9.17, 15) is 9.18 Å². The largest absolute Gasteiger partial charge is 0.355 e. The number of hydrogen-bond donors (Lipinski definition) is 1. The summed E-state index contributed by atoms with van der Waals surface area (Å²) < 4.78 is 13.7. The van der Waals surface area contributed by atoms with Crippen LogP contribution >= 0.6 is 0 Å². The Balaban J connectivity index is 1.34. The fourth-order valence-corrected chi connectivity index (χ4v) is 3.88. The first-order valence-electron chi connectivity index (χ1n) is 9.65. The van der Waals surface area contributed by atoms with Crippen molar-refractivity contribution >= 4 is 5.91 Å². The summed E-state index contributed by atoms with van der Waals surface area (Å²) in [6.45, 7) is 5.46. The van der Waals surface area contributed by atoms with Crippen molar-refractivity contribution in [3.8, 4) is 0 Å². The second-order valence-electron chi connectivity index (χ2n) is 7.45. The summed E-state index contributed by atoms with van der Waals surface area (Å²) in [4.78, 5) is 16.6. The lowest BCUT2D eigenvalue weighted by atomic mass is 9.89. The molecule has 1 N–H and O–H groups in total. The minimum Gasteiger partial charge on any atom is -0.355 e. The molecule has 5 heteroatoms. The predicted molar refractivity (Wildman–Crippen MR) is 97.7 cm³/mol. The highest BCUT2D eigenvalue weighted by Crippen LogP contribution is 2.22. The number of halogens is 1. The minimum atomic E-state index is -0.132. The summed E-state index contributed by atoms with van der Waals surface area (Å²) in [6, 6.07) is 6.97. The van der Waals surface area contributed by atoms with E-state index in [1.54, 1.807) is 6.07 Å². The van der Waals surface area contributed by atoms with Gasteiger partial charge in [-0.05, 0) is 24.8 Å². The molecule has 1 amide bonds. The Morgan fingerprint density at radius 2 is 1.72 bits per heavy atom. The van der Waals surface area contributed by atoms with Gasteiger partial charge in [0.15, 0.2) is 0 Å². The zero-order valence-corrected chi connectivity index (χ0v) is 15.1. The molecule has 1 aliphatic carbocycles. The molecule has 1 saturated carbocycles. The van der Waals surface area contributed by atoms with E-state index in [-0.39, 0.29) is 11.7 Å². The van der Waals surface area contributed by atoms with Crippen molar-refractivity contribution in [3.05, 3.63) is 35.6 Å². The van der Waals surface area contributed by atoms with Crippen molar-refractivity contribution in [2.45, 2.75) is 38.6 Å². The highest BCUT2D eigenvalue weighted by Gasteiger charge is 2.20. The summed E-state index contributed by atoms with van der Waals surface area (Å²) in [5, 5.41) is 3.11. The maximum absolute atomic E-state index is 13.7. The third-order valence-electron chi connectivity index (χ3n) is 5.50. The number of benzene rings is 1. The Labute approximate surface area is 150 Å². The SMILES string of the molecule is O=C(CN1CCN(Cc2ccccc2F)CC1)NCC1CCCCC1. The average molecular weight is 347 g/mol. The molecule has 2 fully saturated rings. The van der Waals surface area contributed by atoms with Gasteiger partial charge < -0.3 is 5.32 Å². The fourth-order valence-electron chi connectivity index (χ4n) is 3.88. The Bertz CT molecular complexity index is 552. The van der Waals surface area contributed by atoms with Crippen LogP contribution in [0.5, 0.6) is 0 Å². The van der Waals surface area contributed by atoms with Gasteiger partial charge in [-0.3, -0.25) is 14.6 Å². The first-order chi connectivity index (χ1) is 12.2. The Morgan fingerprint density at radius 1 is 1.04 bits per heavy atom. The molecular weight excluding hydrogens is 317 g/mol. The van der Waals surface area contributed by atoms with E-state index in [4.69, 9.17) is 0 Å². The van der Waals surface area contributed by atoms with Gasteiger partial charge in [0.25, 0.3) is 0 Å². The number of hydrogen-bond acceptors (Lipinski definition) is 3. The lowest BCUT2D eigenvalue weighted by Crippen LogP contribution is -2.49. The number of piperazine rings is 1. The maximum atomic E-state index is 13.7. The summed E-state index contributed by atoms with van der Waals surface area (Å²) >= 11 is 0. The van der Waals surface area contributed by atoms with E-state index in [0.717, 1.165) is 38.3 Å². The normalized spacial score (nSPS) is 20.5. The molecule has 0 unspecified atom stereocenters. The van der Waals surface area contributed by atoms with Gasteiger partial charge in [-0.15, -0.1) is 0 Å². The molecule has 2 aliphatic rings. The molecule has 4 nitrogen and oxygen atoms in total. The minimum absolute atomic E-state index is 0.132. The number of nitrogens with one attached hydrogen (secondary N) is 1. The van der Waals surface area contributed by atoms with Gasteiger partial charge in [0.1, 0.15) is 5.82 Å². The smallest absolute Gasteiger partial charge is 0.234 e. The van der Waals surface area contributed by atoms with Gasteiger partial charge >= 0.3 is 0 Å². The van der Waals surface area contributed by atoms with Crippen molar-refractivity contribution < 1.29 is 9.18 Å². The first kappa shape index (κ1) is 18.3. The van der Waals surface area contributed by atoms with Crippen LogP contribution in [0.2, 0.25) is 0 Å². The van der Waals surface area contributed by atoms with Crippen LogP contribution in [0.1, 0.15) is 37.7 Å². The monoisotopic (exact) mass is 347 g/mol. The van der Waals surface area contributed by atoms with Gasteiger partial charge in [-0.1, -0.05) is 37.5 Å². The highest BCUT2D eigenvalue weighted by atomic mass is 19.1. The van der Waals surface area contributed by atoms with E-state index in [2.05, 4.69) is 15.1 Å². The number of nitrogens with zero attached hydrogens (tertiary/aromatic N) is 2. The topological polar surface area (TPSA) is 35.6 Å². The fraction of sp³-hybridized carbons (Fsp3) is 0.650. The quantitative estimate of drug-likeness (QED) is 0.859. The second-order valence-corrected chi connectivity index (χ2v) is 7.45. The summed E-state index contributed by atoms with van der Waals surface area (Å²) in [5.74, 6) is 0.690. The van der Waals surface area contributed by atoms with E-state index in [1.165, 1.54) is 38.2 Å². The lowest BCUT2D eigenvalue weighted by Gasteiger charge is -2.34. The van der Waals surface area contributed by atoms with E-state index < -0.39 is 0 Å². The van der Waals surface area contributed by atoms with Crippen LogP contribution in [0, 0.1) is 11.7 Å². The number of amides is 1. The Morgan fingerprint density at radius 3 is 2.44 bits per heavy atom. The average Bonchev–Trinajstić information content (AvgIpc) is 2.64. The van der Waals surface area contributed by atoms with Crippen LogP contribution in [0.3, 0.4) is 0 Å². The van der Waals surface area contributed by atoms with Crippen molar-refractivity contribution in [3.63, 3.8) is 0 Å². The zero-order valence-electron chi connectivity index (χ0n) is 15.1. The first-order valence-corrected chi connectivity index (χ1v) is 9.65. The van der Waals surface area contributed by atoms with E-state index in [1.807, 2.05) is 12.1 Å². The number of carbonyl (C=O) groups excluding carboxylic acids is 1. The summed E-state index contributed by atoms with van der Waals surface area (Å²) in [5.41, 5.74) is 0.751. The third kappa shape index (κ3) is 5.79. The Hall–Kier alpha value is -1.46. The molecular formula is C20H30FN3O. The Kier molecular flexibility index (Phi) is 6.82. The van der Waals surface area contributed by atoms with Crippen molar-refractivity contribution in [1.29, 1.82) is 0 Å². The molecule has 0 radical (unpaired) electrons. The molecule has 0 atom stereocenters. The van der Waals surface area contributed by atoms with Crippen molar-refractivity contribution in [2.24, 2.45) is 5.92 Å². The number of carbonyl (C=O) groups is 1. The van der Waals surface area contributed by atoms with Crippen molar-refractivity contribution in [1.82, 2.24) is 15.1 Å².